The van der Waals surface area contributed by atoms with Gasteiger partial charge in [-0.2, -0.15) is 0 Å². The molecule has 1 aliphatic rings. The highest BCUT2D eigenvalue weighted by atomic mass is 79.9. The Hall–Kier alpha value is -0.190. The highest BCUT2D eigenvalue weighted by Gasteiger charge is 2.23. The van der Waals surface area contributed by atoms with E-state index < -0.39 is 0 Å². The van der Waals surface area contributed by atoms with E-state index in [0.717, 1.165) is 36.9 Å². The SMILES string of the molecule is CC(=O)C1CCCN(Cc2cc(Br)cs2)C1. The second-order valence-corrected chi connectivity index (χ2v) is 6.33. The number of likely N-dealkylation sites (tertiary alicyclic amines) is 1. The molecule has 0 spiro atoms. The molecule has 1 aromatic heterocycles. The Kier molecular flexibility index (Phi) is 4.16. The van der Waals surface area contributed by atoms with Crippen LogP contribution in [0.5, 0.6) is 0 Å². The largest absolute Gasteiger partial charge is 0.300 e. The van der Waals surface area contributed by atoms with Crippen molar-refractivity contribution in [2.75, 3.05) is 13.1 Å². The van der Waals surface area contributed by atoms with Crippen molar-refractivity contribution in [3.8, 4) is 0 Å². The zero-order valence-corrected chi connectivity index (χ0v) is 11.8. The highest BCUT2D eigenvalue weighted by molar-refractivity contribution is 9.10. The lowest BCUT2D eigenvalue weighted by atomic mass is 9.94. The quantitative estimate of drug-likeness (QED) is 0.854. The maximum absolute atomic E-state index is 11.4. The van der Waals surface area contributed by atoms with Crippen LogP contribution >= 0.6 is 27.3 Å². The van der Waals surface area contributed by atoms with Crippen molar-refractivity contribution in [2.24, 2.45) is 5.92 Å². The Morgan fingerprint density at radius 3 is 3.12 bits per heavy atom. The predicted molar refractivity (Wildman–Crippen MR) is 70.7 cm³/mol. The van der Waals surface area contributed by atoms with E-state index in [1.807, 2.05) is 0 Å². The van der Waals surface area contributed by atoms with Gasteiger partial charge in [-0.25, -0.2) is 0 Å². The molecule has 1 fully saturated rings. The van der Waals surface area contributed by atoms with Gasteiger partial charge in [-0.15, -0.1) is 11.3 Å². The molecule has 0 saturated carbocycles. The van der Waals surface area contributed by atoms with E-state index in [-0.39, 0.29) is 5.92 Å². The number of thiophene rings is 1. The Morgan fingerprint density at radius 2 is 2.50 bits per heavy atom. The van der Waals surface area contributed by atoms with E-state index in [9.17, 15) is 4.79 Å². The molecule has 1 aliphatic heterocycles. The van der Waals surface area contributed by atoms with Gasteiger partial charge in [0.1, 0.15) is 5.78 Å². The molecule has 88 valence electrons. The molecule has 16 heavy (non-hydrogen) atoms. The van der Waals surface area contributed by atoms with Gasteiger partial charge in [0.05, 0.1) is 0 Å². The topological polar surface area (TPSA) is 20.3 Å². The molecule has 2 rings (SSSR count). The molecule has 2 nitrogen and oxygen atoms in total. The Labute approximate surface area is 109 Å². The van der Waals surface area contributed by atoms with E-state index in [1.54, 1.807) is 18.3 Å². The first-order chi connectivity index (χ1) is 7.65. The molecule has 2 heterocycles. The van der Waals surface area contributed by atoms with Gasteiger partial charge < -0.3 is 0 Å². The van der Waals surface area contributed by atoms with Gasteiger partial charge in [-0.1, -0.05) is 0 Å². The normalized spacial score (nSPS) is 22.2. The lowest BCUT2D eigenvalue weighted by Gasteiger charge is -2.30. The van der Waals surface area contributed by atoms with Crippen LogP contribution in [0.1, 0.15) is 24.6 Å². The van der Waals surface area contributed by atoms with Gasteiger partial charge in [-0.05, 0) is 48.3 Å². The Morgan fingerprint density at radius 1 is 1.69 bits per heavy atom. The average molecular weight is 302 g/mol. The molecular weight excluding hydrogens is 286 g/mol. The van der Waals surface area contributed by atoms with Crippen LogP contribution in [0, 0.1) is 5.92 Å². The molecule has 0 aliphatic carbocycles. The van der Waals surface area contributed by atoms with Gasteiger partial charge in [0.25, 0.3) is 0 Å². The molecule has 1 unspecified atom stereocenters. The third kappa shape index (κ3) is 3.15. The number of carbonyl (C=O) groups is 1. The summed E-state index contributed by atoms with van der Waals surface area (Å²) in [4.78, 5) is 15.1. The minimum atomic E-state index is 0.261. The van der Waals surface area contributed by atoms with Crippen molar-refractivity contribution in [3.05, 3.63) is 20.8 Å². The van der Waals surface area contributed by atoms with Crippen LogP contribution in [0.2, 0.25) is 0 Å². The summed E-state index contributed by atoms with van der Waals surface area (Å²) < 4.78 is 1.16. The molecule has 1 saturated heterocycles. The van der Waals surface area contributed by atoms with E-state index >= 15 is 0 Å². The number of hydrogen-bond donors (Lipinski definition) is 0. The number of hydrogen-bond acceptors (Lipinski definition) is 3. The van der Waals surface area contributed by atoms with Gasteiger partial charge in [0.2, 0.25) is 0 Å². The maximum Gasteiger partial charge on any atom is 0.134 e. The van der Waals surface area contributed by atoms with Crippen molar-refractivity contribution < 1.29 is 4.79 Å². The lowest BCUT2D eigenvalue weighted by Crippen LogP contribution is -2.37. The van der Waals surface area contributed by atoms with Crippen LogP contribution in [0.15, 0.2) is 15.9 Å². The van der Waals surface area contributed by atoms with E-state index in [2.05, 4.69) is 32.3 Å². The molecule has 1 aromatic rings. The third-order valence-corrected chi connectivity index (χ3v) is 4.76. The molecule has 0 N–H and O–H groups in total. The molecule has 1 atom stereocenters. The number of ketones is 1. The number of halogens is 1. The van der Waals surface area contributed by atoms with E-state index in [4.69, 9.17) is 0 Å². The van der Waals surface area contributed by atoms with Crippen molar-refractivity contribution in [1.29, 1.82) is 0 Å². The van der Waals surface area contributed by atoms with E-state index in [1.165, 1.54) is 4.88 Å². The standard InChI is InChI=1S/C12H16BrNOS/c1-9(15)10-3-2-4-14(6-10)7-12-5-11(13)8-16-12/h5,8,10H,2-4,6-7H2,1H3. The van der Waals surface area contributed by atoms with Crippen LogP contribution in [-0.4, -0.2) is 23.8 Å². The van der Waals surface area contributed by atoms with Gasteiger partial charge >= 0.3 is 0 Å². The van der Waals surface area contributed by atoms with Crippen LogP contribution in [-0.2, 0) is 11.3 Å². The lowest BCUT2D eigenvalue weighted by molar-refractivity contribution is -0.122. The summed E-state index contributed by atoms with van der Waals surface area (Å²) in [6.07, 6.45) is 2.22. The highest BCUT2D eigenvalue weighted by Crippen LogP contribution is 2.24. The molecule has 0 aromatic carbocycles. The summed E-state index contributed by atoms with van der Waals surface area (Å²) in [5.41, 5.74) is 0. The predicted octanol–water partition coefficient (Wildman–Crippen LogP) is 3.31. The fraction of sp³-hybridized carbons (Fsp3) is 0.583. The number of piperidine rings is 1. The second kappa shape index (κ2) is 5.43. The van der Waals surface area contributed by atoms with Gasteiger partial charge in [0, 0.05) is 33.7 Å². The summed E-state index contributed by atoms with van der Waals surface area (Å²) in [5.74, 6) is 0.606. The number of rotatable bonds is 3. The van der Waals surface area contributed by atoms with Crippen molar-refractivity contribution in [3.63, 3.8) is 0 Å². The summed E-state index contributed by atoms with van der Waals surface area (Å²) in [5, 5.41) is 2.11. The van der Waals surface area contributed by atoms with Gasteiger partial charge in [-0.3, -0.25) is 9.69 Å². The second-order valence-electron chi connectivity index (χ2n) is 4.42. The van der Waals surface area contributed by atoms with Crippen molar-refractivity contribution >= 4 is 33.0 Å². The fourth-order valence-electron chi connectivity index (χ4n) is 2.19. The van der Waals surface area contributed by atoms with Crippen molar-refractivity contribution in [1.82, 2.24) is 4.90 Å². The maximum atomic E-state index is 11.4. The molecule has 0 radical (unpaired) electrons. The Bertz CT molecular complexity index is 377. The molecule has 0 amide bonds. The molecular formula is C12H16BrNOS. The zero-order valence-electron chi connectivity index (χ0n) is 9.41. The van der Waals surface area contributed by atoms with E-state index in [0.29, 0.717) is 5.78 Å². The third-order valence-electron chi connectivity index (χ3n) is 3.08. The van der Waals surface area contributed by atoms with Crippen LogP contribution in [0.25, 0.3) is 0 Å². The molecule has 0 bridgehead atoms. The van der Waals surface area contributed by atoms with Crippen LogP contribution in [0.4, 0.5) is 0 Å². The minimum Gasteiger partial charge on any atom is -0.300 e. The van der Waals surface area contributed by atoms with Crippen molar-refractivity contribution in [2.45, 2.75) is 26.3 Å². The summed E-state index contributed by atoms with van der Waals surface area (Å²) >= 11 is 5.25. The monoisotopic (exact) mass is 301 g/mol. The fourth-order valence-corrected chi connectivity index (χ4v) is 3.68. The number of nitrogens with zero attached hydrogens (tertiary/aromatic N) is 1. The van der Waals surface area contributed by atoms with Crippen LogP contribution in [0.3, 0.4) is 0 Å². The summed E-state index contributed by atoms with van der Waals surface area (Å²) in [6.45, 7) is 4.76. The number of carbonyl (C=O) groups excluding carboxylic acids is 1. The first-order valence-corrected chi connectivity index (χ1v) is 7.28. The summed E-state index contributed by atoms with van der Waals surface area (Å²) in [7, 11) is 0. The first-order valence-electron chi connectivity index (χ1n) is 5.61. The first kappa shape index (κ1) is 12.3. The van der Waals surface area contributed by atoms with Gasteiger partial charge in [0.15, 0.2) is 0 Å². The Balaban J connectivity index is 1.92. The summed E-state index contributed by atoms with van der Waals surface area (Å²) in [6, 6.07) is 2.17. The average Bonchev–Trinajstić information content (AvgIpc) is 2.64. The van der Waals surface area contributed by atoms with Crippen LogP contribution < -0.4 is 0 Å². The minimum absolute atomic E-state index is 0.261. The molecule has 4 heteroatoms. The number of Topliss-reactive ketones (excluding diaryl/α,β-unsaturated/α-hetero) is 1. The zero-order chi connectivity index (χ0) is 11.5. The smallest absolute Gasteiger partial charge is 0.134 e.